The molecule has 2 bridgehead atoms. The van der Waals surface area contributed by atoms with Crippen LogP contribution >= 0.6 is 0 Å². The number of carbonyl (C=O) groups is 1. The lowest BCUT2D eigenvalue weighted by Gasteiger charge is -2.42. The second-order valence-corrected chi connectivity index (χ2v) is 4.41. The molecule has 3 aliphatic rings. The standard InChI is InChI=1S/C11H11BO3/c13-11-7-4-6(5-7)10-8(11)2-1-3-9(10)12(14)15/h1-3,6-7,14-15H,4-5H2. The third-order valence-corrected chi connectivity index (χ3v) is 3.60. The first-order valence-corrected chi connectivity index (χ1v) is 5.21. The summed E-state index contributed by atoms with van der Waals surface area (Å²) in [5.41, 5.74) is 2.08. The van der Waals surface area contributed by atoms with Crippen molar-refractivity contribution in [1.82, 2.24) is 0 Å². The Kier molecular flexibility index (Phi) is 1.79. The molecule has 0 heterocycles. The molecule has 0 saturated heterocycles. The number of ketones is 1. The van der Waals surface area contributed by atoms with Gasteiger partial charge in [-0.3, -0.25) is 4.79 Å². The summed E-state index contributed by atoms with van der Waals surface area (Å²) < 4.78 is 0. The fraction of sp³-hybridized carbons (Fsp3) is 0.364. The molecule has 4 heteroatoms. The van der Waals surface area contributed by atoms with Crippen molar-refractivity contribution in [1.29, 1.82) is 0 Å². The minimum Gasteiger partial charge on any atom is -0.423 e. The number of hydrogen-bond donors (Lipinski definition) is 2. The van der Waals surface area contributed by atoms with Gasteiger partial charge in [0.15, 0.2) is 5.78 Å². The van der Waals surface area contributed by atoms with Crippen LogP contribution in [0.2, 0.25) is 0 Å². The smallest absolute Gasteiger partial charge is 0.423 e. The van der Waals surface area contributed by atoms with E-state index in [2.05, 4.69) is 0 Å². The molecule has 4 rings (SSSR count). The predicted octanol–water partition coefficient (Wildman–Crippen LogP) is 0.0563. The molecule has 1 saturated carbocycles. The summed E-state index contributed by atoms with van der Waals surface area (Å²) in [5, 5.41) is 18.5. The Morgan fingerprint density at radius 1 is 1.20 bits per heavy atom. The largest absolute Gasteiger partial charge is 0.488 e. The highest BCUT2D eigenvalue weighted by molar-refractivity contribution is 6.59. The summed E-state index contributed by atoms with van der Waals surface area (Å²) in [6.07, 6.45) is 1.77. The molecule has 0 aromatic heterocycles. The molecule has 1 fully saturated rings. The molecule has 0 unspecified atom stereocenters. The zero-order valence-electron chi connectivity index (χ0n) is 8.18. The summed E-state index contributed by atoms with van der Waals surface area (Å²) in [5.74, 6) is 0.726. The molecular weight excluding hydrogens is 191 g/mol. The number of carbonyl (C=O) groups excluding carboxylic acids is 1. The quantitative estimate of drug-likeness (QED) is 0.633. The van der Waals surface area contributed by atoms with Crippen LogP contribution in [-0.4, -0.2) is 22.9 Å². The summed E-state index contributed by atoms with van der Waals surface area (Å²) in [4.78, 5) is 11.9. The van der Waals surface area contributed by atoms with Gasteiger partial charge in [0.05, 0.1) is 0 Å². The fourth-order valence-electron chi connectivity index (χ4n) is 2.77. The van der Waals surface area contributed by atoms with E-state index in [1.807, 2.05) is 0 Å². The molecule has 0 spiro atoms. The Morgan fingerprint density at radius 2 is 1.93 bits per heavy atom. The van der Waals surface area contributed by atoms with Crippen LogP contribution in [-0.2, 0) is 0 Å². The van der Waals surface area contributed by atoms with Gasteiger partial charge in [0.2, 0.25) is 0 Å². The van der Waals surface area contributed by atoms with E-state index in [-0.39, 0.29) is 11.7 Å². The topological polar surface area (TPSA) is 57.5 Å². The van der Waals surface area contributed by atoms with E-state index in [0.717, 1.165) is 18.4 Å². The van der Waals surface area contributed by atoms with Gasteiger partial charge < -0.3 is 10.0 Å². The minimum absolute atomic E-state index is 0.176. The van der Waals surface area contributed by atoms with Crippen LogP contribution in [0.3, 0.4) is 0 Å². The van der Waals surface area contributed by atoms with E-state index in [1.54, 1.807) is 18.2 Å². The van der Waals surface area contributed by atoms with E-state index in [0.29, 0.717) is 16.9 Å². The molecular formula is C11H11BO3. The third kappa shape index (κ3) is 1.12. The van der Waals surface area contributed by atoms with Gasteiger partial charge in [0.1, 0.15) is 0 Å². The molecule has 0 atom stereocenters. The first-order valence-electron chi connectivity index (χ1n) is 5.21. The van der Waals surface area contributed by atoms with Crippen LogP contribution in [0.4, 0.5) is 0 Å². The van der Waals surface area contributed by atoms with Crippen LogP contribution in [0.5, 0.6) is 0 Å². The normalized spacial score (nSPS) is 26.9. The maximum absolute atomic E-state index is 11.9. The average Bonchev–Trinajstić information content (AvgIpc) is 2.14. The Morgan fingerprint density at radius 3 is 2.60 bits per heavy atom. The molecule has 0 amide bonds. The maximum atomic E-state index is 11.9. The summed E-state index contributed by atoms with van der Waals surface area (Å²) in [6.45, 7) is 0. The van der Waals surface area contributed by atoms with Gasteiger partial charge in [-0.05, 0) is 29.8 Å². The van der Waals surface area contributed by atoms with Gasteiger partial charge in [-0.15, -0.1) is 0 Å². The Bertz CT molecular complexity index is 435. The highest BCUT2D eigenvalue weighted by Crippen LogP contribution is 2.48. The van der Waals surface area contributed by atoms with Gasteiger partial charge in [0.25, 0.3) is 0 Å². The Balaban J connectivity index is 2.21. The fourth-order valence-corrected chi connectivity index (χ4v) is 2.77. The summed E-state index contributed by atoms with van der Waals surface area (Å²) >= 11 is 0. The van der Waals surface area contributed by atoms with E-state index >= 15 is 0 Å². The second-order valence-electron chi connectivity index (χ2n) is 4.41. The monoisotopic (exact) mass is 202 g/mol. The molecule has 1 aromatic rings. The molecule has 2 N–H and O–H groups in total. The lowest BCUT2D eigenvalue weighted by molar-refractivity contribution is 0.0793. The molecule has 1 aromatic carbocycles. The Hall–Kier alpha value is -1.13. The van der Waals surface area contributed by atoms with E-state index in [9.17, 15) is 14.8 Å². The van der Waals surface area contributed by atoms with Crippen molar-refractivity contribution < 1.29 is 14.8 Å². The average molecular weight is 202 g/mol. The van der Waals surface area contributed by atoms with Crippen molar-refractivity contribution >= 4 is 18.4 Å². The van der Waals surface area contributed by atoms with Crippen LogP contribution in [0.25, 0.3) is 0 Å². The first-order chi connectivity index (χ1) is 7.18. The molecule has 3 aliphatic carbocycles. The summed E-state index contributed by atoms with van der Waals surface area (Å²) in [6, 6.07) is 5.20. The molecule has 76 valence electrons. The van der Waals surface area contributed by atoms with E-state index < -0.39 is 7.12 Å². The van der Waals surface area contributed by atoms with Gasteiger partial charge in [0, 0.05) is 11.5 Å². The van der Waals surface area contributed by atoms with Crippen molar-refractivity contribution in [2.45, 2.75) is 18.8 Å². The van der Waals surface area contributed by atoms with Crippen LogP contribution in [0, 0.1) is 5.92 Å². The molecule has 15 heavy (non-hydrogen) atoms. The molecule has 0 aliphatic heterocycles. The second kappa shape index (κ2) is 2.93. The lowest BCUT2D eigenvalue weighted by atomic mass is 9.57. The van der Waals surface area contributed by atoms with Gasteiger partial charge in [-0.1, -0.05) is 18.2 Å². The summed E-state index contributed by atoms with van der Waals surface area (Å²) in [7, 11) is -1.47. The van der Waals surface area contributed by atoms with Crippen LogP contribution < -0.4 is 5.46 Å². The van der Waals surface area contributed by atoms with E-state index in [4.69, 9.17) is 0 Å². The predicted molar refractivity (Wildman–Crippen MR) is 56.1 cm³/mol. The van der Waals surface area contributed by atoms with Crippen molar-refractivity contribution in [3.05, 3.63) is 29.3 Å². The number of hydrogen-bond acceptors (Lipinski definition) is 3. The van der Waals surface area contributed by atoms with Crippen molar-refractivity contribution in [3.63, 3.8) is 0 Å². The molecule has 0 radical (unpaired) electrons. The molecule has 3 nitrogen and oxygen atoms in total. The zero-order valence-corrected chi connectivity index (χ0v) is 8.18. The van der Waals surface area contributed by atoms with E-state index in [1.165, 1.54) is 0 Å². The highest BCUT2D eigenvalue weighted by atomic mass is 16.4. The van der Waals surface area contributed by atoms with Crippen LogP contribution in [0.15, 0.2) is 18.2 Å². The minimum atomic E-state index is -1.47. The van der Waals surface area contributed by atoms with Gasteiger partial charge >= 0.3 is 7.12 Å². The lowest BCUT2D eigenvalue weighted by Crippen LogP contribution is -2.44. The number of rotatable bonds is 1. The Labute approximate surface area is 87.9 Å². The third-order valence-electron chi connectivity index (χ3n) is 3.60. The van der Waals surface area contributed by atoms with Crippen molar-refractivity contribution in [3.8, 4) is 0 Å². The maximum Gasteiger partial charge on any atom is 0.488 e. The van der Waals surface area contributed by atoms with Crippen molar-refractivity contribution in [2.24, 2.45) is 5.92 Å². The first kappa shape index (κ1) is 9.13. The van der Waals surface area contributed by atoms with Gasteiger partial charge in [-0.25, -0.2) is 0 Å². The van der Waals surface area contributed by atoms with Crippen LogP contribution in [0.1, 0.15) is 34.7 Å². The number of benzene rings is 1. The number of Topliss-reactive ketones (excluding diaryl/α,β-unsaturated/α-hetero) is 1. The van der Waals surface area contributed by atoms with Gasteiger partial charge in [-0.2, -0.15) is 0 Å². The SMILES string of the molecule is O=C1c2cccc(B(O)O)c2C2CC1C2. The van der Waals surface area contributed by atoms with Crippen molar-refractivity contribution in [2.75, 3.05) is 0 Å². The highest BCUT2D eigenvalue weighted by Gasteiger charge is 2.44. The zero-order chi connectivity index (χ0) is 10.6.